The Hall–Kier alpha value is -1.39. The molecule has 0 unspecified atom stereocenters. The molecule has 0 aromatic heterocycles. The predicted molar refractivity (Wildman–Crippen MR) is 86.4 cm³/mol. The van der Waals surface area contributed by atoms with Crippen molar-refractivity contribution in [3.63, 3.8) is 0 Å². The molecule has 1 amide bonds. The second-order valence-electron chi connectivity index (χ2n) is 6.24. The highest BCUT2D eigenvalue weighted by atomic mass is 16.1. The number of hydrogen-bond donors (Lipinski definition) is 1. The van der Waals surface area contributed by atoms with Crippen molar-refractivity contribution in [3.8, 4) is 0 Å². The van der Waals surface area contributed by atoms with Crippen LogP contribution < -0.4 is 5.32 Å². The van der Waals surface area contributed by atoms with Gasteiger partial charge in [0.1, 0.15) is 0 Å². The van der Waals surface area contributed by atoms with Crippen LogP contribution in [-0.4, -0.2) is 55.5 Å². The van der Waals surface area contributed by atoms with Crippen LogP contribution in [0.3, 0.4) is 0 Å². The first-order valence-electron chi connectivity index (χ1n) is 7.82. The van der Waals surface area contributed by atoms with Crippen LogP contribution in [-0.2, 0) is 6.54 Å². The lowest BCUT2D eigenvalue weighted by Crippen LogP contribution is -2.40. The molecule has 1 aromatic carbocycles. The summed E-state index contributed by atoms with van der Waals surface area (Å²) in [6.07, 6.45) is 2.57. The summed E-state index contributed by atoms with van der Waals surface area (Å²) in [6, 6.07) is 8.30. The summed E-state index contributed by atoms with van der Waals surface area (Å²) in [5.74, 6) is 0.0254. The predicted octanol–water partition coefficient (Wildman–Crippen LogP) is 1.96. The molecule has 1 atom stereocenters. The molecule has 1 saturated heterocycles. The number of rotatable bonds is 6. The molecule has 1 aromatic rings. The summed E-state index contributed by atoms with van der Waals surface area (Å²) in [4.78, 5) is 16.7. The minimum Gasteiger partial charge on any atom is -0.350 e. The van der Waals surface area contributed by atoms with E-state index in [4.69, 9.17) is 0 Å². The largest absolute Gasteiger partial charge is 0.350 e. The number of nitrogens with one attached hydrogen (secondary N) is 1. The number of amides is 1. The highest BCUT2D eigenvalue weighted by Crippen LogP contribution is 2.11. The zero-order valence-electron chi connectivity index (χ0n) is 13.4. The van der Waals surface area contributed by atoms with E-state index in [1.165, 1.54) is 18.4 Å². The monoisotopic (exact) mass is 289 g/mol. The third-order valence-corrected chi connectivity index (χ3v) is 4.04. The van der Waals surface area contributed by atoms with Crippen molar-refractivity contribution in [1.29, 1.82) is 0 Å². The van der Waals surface area contributed by atoms with Crippen molar-refractivity contribution < 1.29 is 4.79 Å². The van der Waals surface area contributed by atoms with Crippen molar-refractivity contribution in [2.75, 3.05) is 33.7 Å². The van der Waals surface area contributed by atoms with Crippen LogP contribution in [0.1, 0.15) is 35.7 Å². The minimum atomic E-state index is 0.0254. The lowest BCUT2D eigenvalue weighted by atomic mass is 10.1. The molecule has 1 fully saturated rings. The molecule has 1 N–H and O–H groups in total. The van der Waals surface area contributed by atoms with Gasteiger partial charge in [0.05, 0.1) is 0 Å². The van der Waals surface area contributed by atoms with Gasteiger partial charge in [0, 0.05) is 24.7 Å². The highest BCUT2D eigenvalue weighted by Gasteiger charge is 2.18. The third kappa shape index (κ3) is 4.83. The topological polar surface area (TPSA) is 35.6 Å². The van der Waals surface area contributed by atoms with Crippen LogP contribution in [0.15, 0.2) is 24.3 Å². The first kappa shape index (κ1) is 16.0. The van der Waals surface area contributed by atoms with Crippen molar-refractivity contribution in [2.24, 2.45) is 0 Å². The van der Waals surface area contributed by atoms with Crippen LogP contribution in [0, 0.1) is 0 Å². The summed E-state index contributed by atoms with van der Waals surface area (Å²) in [5, 5.41) is 3.04. The van der Waals surface area contributed by atoms with E-state index in [0.29, 0.717) is 6.04 Å². The summed E-state index contributed by atoms with van der Waals surface area (Å²) in [6.45, 7) is 6.13. The van der Waals surface area contributed by atoms with Crippen LogP contribution in [0.5, 0.6) is 0 Å². The van der Waals surface area contributed by atoms with Crippen molar-refractivity contribution in [3.05, 3.63) is 35.4 Å². The van der Waals surface area contributed by atoms with Crippen LogP contribution in [0.25, 0.3) is 0 Å². The van der Waals surface area contributed by atoms with Gasteiger partial charge in [-0.2, -0.15) is 0 Å². The Labute approximate surface area is 128 Å². The smallest absolute Gasteiger partial charge is 0.251 e. The fraction of sp³-hybridized carbons (Fsp3) is 0.588. The number of carbonyl (C=O) groups excluding carboxylic acids is 1. The zero-order chi connectivity index (χ0) is 15.2. The Balaban J connectivity index is 1.82. The zero-order valence-corrected chi connectivity index (χ0v) is 13.4. The molecule has 116 valence electrons. The van der Waals surface area contributed by atoms with Gasteiger partial charge in [0.25, 0.3) is 5.91 Å². The Bertz CT molecular complexity index is 450. The third-order valence-electron chi connectivity index (χ3n) is 4.04. The van der Waals surface area contributed by atoms with Gasteiger partial charge in [-0.1, -0.05) is 12.1 Å². The lowest BCUT2D eigenvalue weighted by molar-refractivity contribution is 0.0940. The van der Waals surface area contributed by atoms with E-state index >= 15 is 0 Å². The lowest BCUT2D eigenvalue weighted by Gasteiger charge is -2.23. The fourth-order valence-electron chi connectivity index (χ4n) is 2.78. The number of hydrogen-bond acceptors (Lipinski definition) is 3. The van der Waals surface area contributed by atoms with Crippen LogP contribution in [0.2, 0.25) is 0 Å². The normalized spacial score (nSPS) is 17.1. The molecule has 0 spiro atoms. The van der Waals surface area contributed by atoms with E-state index in [9.17, 15) is 4.79 Å². The Morgan fingerprint density at radius 1 is 1.24 bits per heavy atom. The van der Waals surface area contributed by atoms with E-state index in [1.54, 1.807) is 0 Å². The number of benzene rings is 1. The van der Waals surface area contributed by atoms with Gasteiger partial charge >= 0.3 is 0 Å². The van der Waals surface area contributed by atoms with Crippen molar-refractivity contribution in [1.82, 2.24) is 15.1 Å². The maximum atomic E-state index is 12.2. The molecule has 0 aliphatic carbocycles. The Morgan fingerprint density at radius 3 is 2.43 bits per heavy atom. The Morgan fingerprint density at radius 2 is 1.86 bits per heavy atom. The standard InChI is InChI=1S/C17H27N3O/c1-14(20-10-4-5-11-20)12-18-17(21)16-8-6-15(7-9-16)13-19(2)3/h6-9,14H,4-5,10-13H2,1-3H3,(H,18,21)/t14-/m1/s1. The van der Waals surface area contributed by atoms with Gasteiger partial charge in [-0.3, -0.25) is 9.69 Å². The summed E-state index contributed by atoms with van der Waals surface area (Å²) in [5.41, 5.74) is 1.97. The van der Waals surface area contributed by atoms with Gasteiger partial charge in [-0.15, -0.1) is 0 Å². The van der Waals surface area contributed by atoms with Gasteiger partial charge in [-0.25, -0.2) is 0 Å². The molecule has 0 saturated carbocycles. The minimum absolute atomic E-state index is 0.0254. The molecule has 1 aliphatic rings. The van der Waals surface area contributed by atoms with Gasteiger partial charge < -0.3 is 10.2 Å². The molecule has 2 rings (SSSR count). The summed E-state index contributed by atoms with van der Waals surface area (Å²) in [7, 11) is 4.08. The molecule has 0 radical (unpaired) electrons. The fourth-order valence-corrected chi connectivity index (χ4v) is 2.78. The molecular formula is C17H27N3O. The molecule has 21 heavy (non-hydrogen) atoms. The maximum Gasteiger partial charge on any atom is 0.251 e. The van der Waals surface area contributed by atoms with Gasteiger partial charge in [0.2, 0.25) is 0 Å². The molecule has 4 heteroatoms. The van der Waals surface area contributed by atoms with Crippen LogP contribution in [0.4, 0.5) is 0 Å². The highest BCUT2D eigenvalue weighted by molar-refractivity contribution is 5.94. The van der Waals surface area contributed by atoms with E-state index in [-0.39, 0.29) is 5.91 Å². The SMILES string of the molecule is C[C@H](CNC(=O)c1ccc(CN(C)C)cc1)N1CCCC1. The first-order valence-corrected chi connectivity index (χ1v) is 7.82. The first-order chi connectivity index (χ1) is 10.1. The summed E-state index contributed by atoms with van der Waals surface area (Å²) < 4.78 is 0. The summed E-state index contributed by atoms with van der Waals surface area (Å²) >= 11 is 0. The van der Waals surface area contributed by atoms with E-state index in [0.717, 1.165) is 31.7 Å². The Kier molecular flexibility index (Phi) is 5.76. The number of nitrogens with zero attached hydrogens (tertiary/aromatic N) is 2. The molecule has 0 bridgehead atoms. The van der Waals surface area contributed by atoms with Gasteiger partial charge in [-0.05, 0) is 64.6 Å². The number of likely N-dealkylation sites (tertiary alicyclic amines) is 1. The molecule has 4 nitrogen and oxygen atoms in total. The molecular weight excluding hydrogens is 262 g/mol. The van der Waals surface area contributed by atoms with Crippen LogP contribution >= 0.6 is 0 Å². The van der Waals surface area contributed by atoms with Gasteiger partial charge in [0.15, 0.2) is 0 Å². The quantitative estimate of drug-likeness (QED) is 0.869. The van der Waals surface area contributed by atoms with E-state index < -0.39 is 0 Å². The molecule has 1 aliphatic heterocycles. The van der Waals surface area contributed by atoms with E-state index in [1.807, 2.05) is 38.4 Å². The van der Waals surface area contributed by atoms with Crippen molar-refractivity contribution in [2.45, 2.75) is 32.4 Å². The average molecular weight is 289 g/mol. The number of carbonyl (C=O) groups is 1. The average Bonchev–Trinajstić information content (AvgIpc) is 2.99. The second kappa shape index (κ2) is 7.57. The van der Waals surface area contributed by atoms with Crippen molar-refractivity contribution >= 4 is 5.91 Å². The molecule has 1 heterocycles. The van der Waals surface area contributed by atoms with E-state index in [2.05, 4.69) is 22.0 Å². The second-order valence-corrected chi connectivity index (χ2v) is 6.24. The maximum absolute atomic E-state index is 12.2.